The van der Waals surface area contributed by atoms with Crippen molar-refractivity contribution in [1.82, 2.24) is 0 Å². The standard InChI is InChI=1S/C22H44NO5P/c1-5-7-8-9-10-11-12-13-14-15-16-17-18-19-20-21-22(24)23(3,4)28-29(25,26)27-6-2/h13-14H,5-12,15-21H2,1-4H3/p+1. The number of amides is 1. The molecule has 0 aliphatic carbocycles. The van der Waals surface area contributed by atoms with Crippen LogP contribution in [-0.4, -0.2) is 36.1 Å². The maximum absolute atomic E-state index is 12.2. The van der Waals surface area contributed by atoms with Crippen molar-refractivity contribution in [2.45, 2.75) is 104 Å². The summed E-state index contributed by atoms with van der Waals surface area (Å²) in [5, 5.41) is 0. The van der Waals surface area contributed by atoms with Gasteiger partial charge < -0.3 is 0 Å². The maximum Gasteiger partial charge on any atom is 0.518 e. The van der Waals surface area contributed by atoms with Crippen LogP contribution >= 0.6 is 7.82 Å². The number of quaternary nitrogens is 1. The van der Waals surface area contributed by atoms with E-state index in [4.69, 9.17) is 4.62 Å². The lowest BCUT2D eigenvalue weighted by molar-refractivity contribution is -0.988. The second kappa shape index (κ2) is 17.2. The quantitative estimate of drug-likeness (QED) is 0.0805. The number of carbonyl (C=O) groups is 1. The van der Waals surface area contributed by atoms with Crippen LogP contribution in [0.15, 0.2) is 12.2 Å². The predicted octanol–water partition coefficient (Wildman–Crippen LogP) is 6.70. The second-order valence-electron chi connectivity index (χ2n) is 8.05. The molecule has 29 heavy (non-hydrogen) atoms. The van der Waals surface area contributed by atoms with Crippen LogP contribution in [0.3, 0.4) is 0 Å². The first-order valence-electron chi connectivity index (χ1n) is 11.5. The molecule has 0 radical (unpaired) electrons. The summed E-state index contributed by atoms with van der Waals surface area (Å²) in [6.45, 7) is 3.90. The smallest absolute Gasteiger partial charge is 0.299 e. The normalized spacial score (nSPS) is 14.4. The fraction of sp³-hybridized carbons (Fsp3) is 0.864. The molecule has 0 aromatic heterocycles. The number of hydrogen-bond donors (Lipinski definition) is 1. The fourth-order valence-electron chi connectivity index (χ4n) is 3.11. The van der Waals surface area contributed by atoms with Crippen LogP contribution in [0.1, 0.15) is 104 Å². The van der Waals surface area contributed by atoms with Gasteiger partial charge in [-0.1, -0.05) is 75.1 Å². The minimum Gasteiger partial charge on any atom is -0.299 e. The summed E-state index contributed by atoms with van der Waals surface area (Å²) in [4.78, 5) is 21.8. The molecule has 0 spiro atoms. The number of phosphoric ester groups is 1. The third kappa shape index (κ3) is 16.9. The predicted molar refractivity (Wildman–Crippen MR) is 119 cm³/mol. The van der Waals surface area contributed by atoms with Gasteiger partial charge in [0.1, 0.15) is 14.1 Å². The van der Waals surface area contributed by atoms with Crippen molar-refractivity contribution < 1.29 is 28.0 Å². The highest BCUT2D eigenvalue weighted by Crippen LogP contribution is 2.45. The average molecular weight is 435 g/mol. The molecule has 0 rings (SSSR count). The molecular weight excluding hydrogens is 389 g/mol. The third-order valence-corrected chi connectivity index (χ3v) is 6.05. The van der Waals surface area contributed by atoms with E-state index in [1.165, 1.54) is 71.9 Å². The Morgan fingerprint density at radius 3 is 1.86 bits per heavy atom. The largest absolute Gasteiger partial charge is 0.518 e. The Balaban J connectivity index is 3.65. The zero-order chi connectivity index (χ0) is 22.0. The van der Waals surface area contributed by atoms with Gasteiger partial charge in [0.25, 0.3) is 0 Å². The van der Waals surface area contributed by atoms with Gasteiger partial charge in [-0.3, -0.25) is 9.42 Å². The van der Waals surface area contributed by atoms with Crippen LogP contribution in [0.2, 0.25) is 0 Å². The number of allylic oxidation sites excluding steroid dienone is 2. The van der Waals surface area contributed by atoms with Crippen molar-refractivity contribution in [2.24, 2.45) is 0 Å². The number of nitrogens with zero attached hydrogens (tertiary/aromatic N) is 1. The summed E-state index contributed by atoms with van der Waals surface area (Å²) in [5.74, 6) is -0.225. The number of rotatable bonds is 19. The monoisotopic (exact) mass is 434 g/mol. The Kier molecular flexibility index (Phi) is 16.9. The lowest BCUT2D eigenvalue weighted by atomic mass is 10.1. The number of unbranched alkanes of at least 4 members (excludes halogenated alkanes) is 11. The van der Waals surface area contributed by atoms with E-state index >= 15 is 0 Å². The molecule has 7 heteroatoms. The zero-order valence-electron chi connectivity index (χ0n) is 19.2. The zero-order valence-corrected chi connectivity index (χ0v) is 20.1. The Labute approximate surface area is 178 Å². The molecule has 0 saturated heterocycles. The molecule has 1 amide bonds. The minimum atomic E-state index is -4.20. The summed E-state index contributed by atoms with van der Waals surface area (Å²) in [7, 11) is -1.28. The molecule has 6 nitrogen and oxygen atoms in total. The molecule has 0 heterocycles. The van der Waals surface area contributed by atoms with Gasteiger partial charge in [0.05, 0.1) is 13.0 Å². The number of hydroxylamine groups is 3. The highest BCUT2D eigenvalue weighted by atomic mass is 31.2. The Morgan fingerprint density at radius 2 is 1.34 bits per heavy atom. The van der Waals surface area contributed by atoms with E-state index in [1.807, 2.05) is 0 Å². The van der Waals surface area contributed by atoms with Gasteiger partial charge in [-0.25, -0.2) is 9.36 Å². The Bertz CT molecular complexity index is 494. The lowest BCUT2D eigenvalue weighted by Gasteiger charge is -2.25. The summed E-state index contributed by atoms with van der Waals surface area (Å²) in [6, 6.07) is 0. The highest BCUT2D eigenvalue weighted by molar-refractivity contribution is 7.47. The van der Waals surface area contributed by atoms with Crippen molar-refractivity contribution in [3.05, 3.63) is 12.2 Å². The molecule has 1 atom stereocenters. The highest BCUT2D eigenvalue weighted by Gasteiger charge is 2.38. The van der Waals surface area contributed by atoms with Crippen molar-refractivity contribution in [3.63, 3.8) is 0 Å². The fourth-order valence-corrected chi connectivity index (χ4v) is 4.09. The van der Waals surface area contributed by atoms with E-state index in [9.17, 15) is 14.3 Å². The first kappa shape index (κ1) is 28.5. The number of carbonyl (C=O) groups excluding carboxylic acids is 1. The third-order valence-electron chi connectivity index (χ3n) is 4.85. The first-order valence-corrected chi connectivity index (χ1v) is 13.0. The SMILES string of the molecule is CCCCCCCCC=CCCCCCCCC(=O)[N+](C)(C)OP(=O)(O)OCC. The van der Waals surface area contributed by atoms with Gasteiger partial charge in [0.15, 0.2) is 0 Å². The van der Waals surface area contributed by atoms with Crippen LogP contribution < -0.4 is 0 Å². The van der Waals surface area contributed by atoms with Crippen LogP contribution in [0.25, 0.3) is 0 Å². The van der Waals surface area contributed by atoms with Gasteiger partial charge >= 0.3 is 13.7 Å². The molecule has 0 fully saturated rings. The number of hydrogen-bond acceptors (Lipinski definition) is 4. The van der Waals surface area contributed by atoms with Crippen LogP contribution in [-0.2, 0) is 18.5 Å². The summed E-state index contributed by atoms with van der Waals surface area (Å²) < 4.78 is 20.7. The first-order chi connectivity index (χ1) is 13.7. The molecular formula is C22H45NO5P+. The van der Waals surface area contributed by atoms with E-state index in [0.717, 1.165) is 25.7 Å². The number of phosphoric acid groups is 1. The van der Waals surface area contributed by atoms with Crippen molar-refractivity contribution in [1.29, 1.82) is 0 Å². The van der Waals surface area contributed by atoms with Gasteiger partial charge in [-0.05, 0) is 39.0 Å². The summed E-state index contributed by atoms with van der Waals surface area (Å²) in [5.41, 5.74) is 0. The topological polar surface area (TPSA) is 72.8 Å². The van der Waals surface area contributed by atoms with E-state index in [0.29, 0.717) is 6.42 Å². The van der Waals surface area contributed by atoms with E-state index in [-0.39, 0.29) is 12.5 Å². The van der Waals surface area contributed by atoms with Gasteiger partial charge in [-0.2, -0.15) is 0 Å². The van der Waals surface area contributed by atoms with Crippen molar-refractivity contribution in [2.75, 3.05) is 20.7 Å². The molecule has 0 bridgehead atoms. The summed E-state index contributed by atoms with van der Waals surface area (Å²) >= 11 is 0. The molecule has 172 valence electrons. The molecule has 0 saturated carbocycles. The molecule has 0 aromatic carbocycles. The van der Waals surface area contributed by atoms with E-state index in [2.05, 4.69) is 23.6 Å². The second-order valence-corrected chi connectivity index (χ2v) is 9.41. The van der Waals surface area contributed by atoms with Gasteiger partial charge in [0, 0.05) is 0 Å². The van der Waals surface area contributed by atoms with Crippen LogP contribution in [0.5, 0.6) is 0 Å². The van der Waals surface area contributed by atoms with Crippen LogP contribution in [0, 0.1) is 0 Å². The molecule has 0 aliphatic heterocycles. The Hall–Kier alpha value is -0.520. The maximum atomic E-state index is 12.2. The van der Waals surface area contributed by atoms with Crippen LogP contribution in [0.4, 0.5) is 0 Å². The van der Waals surface area contributed by atoms with E-state index in [1.54, 1.807) is 6.92 Å². The van der Waals surface area contributed by atoms with Crippen molar-refractivity contribution in [3.8, 4) is 0 Å². The molecule has 0 aromatic rings. The van der Waals surface area contributed by atoms with Gasteiger partial charge in [0.2, 0.25) is 0 Å². The Morgan fingerprint density at radius 1 is 0.862 bits per heavy atom. The average Bonchev–Trinajstić information content (AvgIpc) is 2.63. The lowest BCUT2D eigenvalue weighted by Crippen LogP contribution is -2.44. The van der Waals surface area contributed by atoms with Crippen molar-refractivity contribution >= 4 is 13.7 Å². The molecule has 1 unspecified atom stereocenters. The minimum absolute atomic E-state index is 0.0518. The summed E-state index contributed by atoms with van der Waals surface area (Å²) in [6.07, 6.45) is 20.6. The van der Waals surface area contributed by atoms with E-state index < -0.39 is 12.5 Å². The van der Waals surface area contributed by atoms with Gasteiger partial charge in [-0.15, -0.1) is 4.65 Å². The molecule has 0 aliphatic rings. The molecule has 1 N–H and O–H groups in total.